The molecule has 0 saturated carbocycles. The van der Waals surface area contributed by atoms with Crippen LogP contribution in [0.4, 0.5) is 0 Å². The van der Waals surface area contributed by atoms with E-state index in [9.17, 15) is 4.79 Å². The number of nitrogens with zero attached hydrogens (tertiary/aromatic N) is 3. The summed E-state index contributed by atoms with van der Waals surface area (Å²) in [4.78, 5) is 22.9. The van der Waals surface area contributed by atoms with Gasteiger partial charge in [0.05, 0.1) is 17.9 Å². The number of hydrogen-bond donors (Lipinski definition) is 0. The van der Waals surface area contributed by atoms with Crippen molar-refractivity contribution in [3.63, 3.8) is 0 Å². The number of hydrogen-bond acceptors (Lipinski definition) is 4. The topological polar surface area (TPSA) is 55.3 Å². The van der Waals surface area contributed by atoms with Gasteiger partial charge in [0, 0.05) is 38.1 Å². The number of ether oxygens (including phenoxy) is 1. The van der Waals surface area contributed by atoms with Crippen molar-refractivity contribution in [3.8, 4) is 0 Å². The Morgan fingerprint density at radius 2 is 2.22 bits per heavy atom. The van der Waals surface area contributed by atoms with Crippen molar-refractivity contribution in [3.05, 3.63) is 24.3 Å². The summed E-state index contributed by atoms with van der Waals surface area (Å²) in [7, 11) is 0. The largest absolute Gasteiger partial charge is 0.371 e. The van der Waals surface area contributed by atoms with Crippen molar-refractivity contribution >= 4 is 5.91 Å². The van der Waals surface area contributed by atoms with E-state index in [0.29, 0.717) is 25.3 Å². The predicted molar refractivity (Wildman–Crippen MR) is 90.0 cm³/mol. The second-order valence-corrected chi connectivity index (χ2v) is 6.68. The molecule has 1 saturated heterocycles. The van der Waals surface area contributed by atoms with Crippen molar-refractivity contribution in [1.29, 1.82) is 0 Å². The van der Waals surface area contributed by atoms with Crippen molar-refractivity contribution in [1.82, 2.24) is 14.9 Å². The van der Waals surface area contributed by atoms with E-state index in [1.54, 1.807) is 18.6 Å². The van der Waals surface area contributed by atoms with E-state index in [1.165, 1.54) is 0 Å². The minimum Gasteiger partial charge on any atom is -0.371 e. The first-order valence-corrected chi connectivity index (χ1v) is 8.78. The number of rotatable bonds is 7. The number of unbranched alkanes of at least 4 members (excludes halogenated alkanes) is 1. The zero-order chi connectivity index (χ0) is 16.7. The first kappa shape index (κ1) is 17.9. The van der Waals surface area contributed by atoms with Crippen LogP contribution >= 0.6 is 0 Å². The Morgan fingerprint density at radius 3 is 2.87 bits per heavy atom. The van der Waals surface area contributed by atoms with E-state index < -0.39 is 0 Å². The average molecular weight is 319 g/mol. The molecule has 5 nitrogen and oxygen atoms in total. The maximum atomic E-state index is 12.6. The number of amides is 1. The third-order valence-corrected chi connectivity index (χ3v) is 4.38. The number of morpholine rings is 1. The molecule has 1 aliphatic heterocycles. The molecule has 0 N–H and O–H groups in total. The molecule has 0 radical (unpaired) electrons. The Bertz CT molecular complexity index is 478. The van der Waals surface area contributed by atoms with Crippen LogP contribution in [0.3, 0.4) is 0 Å². The zero-order valence-corrected chi connectivity index (χ0v) is 14.6. The van der Waals surface area contributed by atoms with Crippen molar-refractivity contribution in [2.75, 3.05) is 13.1 Å². The number of aryl methyl sites for hydroxylation is 1. The van der Waals surface area contributed by atoms with Gasteiger partial charge in [0.25, 0.3) is 0 Å². The molecule has 5 heteroatoms. The van der Waals surface area contributed by atoms with Crippen LogP contribution in [0.5, 0.6) is 0 Å². The first-order chi connectivity index (χ1) is 11.1. The van der Waals surface area contributed by atoms with E-state index >= 15 is 0 Å². The molecule has 2 rings (SSSR count). The first-order valence-electron chi connectivity index (χ1n) is 8.78. The molecule has 0 unspecified atom stereocenters. The number of aromatic nitrogens is 2. The van der Waals surface area contributed by atoms with Crippen LogP contribution in [0, 0.1) is 5.92 Å². The molecule has 1 aliphatic rings. The Balaban J connectivity index is 1.91. The second-order valence-electron chi connectivity index (χ2n) is 6.68. The smallest absolute Gasteiger partial charge is 0.223 e. The summed E-state index contributed by atoms with van der Waals surface area (Å²) in [6, 6.07) is 0. The van der Waals surface area contributed by atoms with Gasteiger partial charge in [-0.25, -0.2) is 0 Å². The third kappa shape index (κ3) is 5.57. The summed E-state index contributed by atoms with van der Waals surface area (Å²) in [5, 5.41) is 0. The average Bonchev–Trinajstić information content (AvgIpc) is 2.58. The zero-order valence-electron chi connectivity index (χ0n) is 14.6. The lowest BCUT2D eigenvalue weighted by atomic mass is 10.0. The highest BCUT2D eigenvalue weighted by molar-refractivity contribution is 5.76. The molecular weight excluding hydrogens is 290 g/mol. The standard InChI is InChI=1S/C18H29N3O2/c1-4-5-6-16-12-21(13-17(23-16)14(2)3)18(22)8-7-15-11-19-9-10-20-15/h9-11,14,16-17H,4-8,12-13H2,1-3H3/t16-,17-/m1/s1. The Labute approximate surface area is 139 Å². The molecule has 128 valence electrons. The highest BCUT2D eigenvalue weighted by atomic mass is 16.5. The minimum absolute atomic E-state index is 0.145. The molecule has 0 bridgehead atoms. The molecule has 23 heavy (non-hydrogen) atoms. The van der Waals surface area contributed by atoms with Gasteiger partial charge < -0.3 is 9.64 Å². The molecule has 0 spiro atoms. The second kappa shape index (κ2) is 8.96. The van der Waals surface area contributed by atoms with Gasteiger partial charge in [-0.3, -0.25) is 14.8 Å². The van der Waals surface area contributed by atoms with Gasteiger partial charge in [-0.05, 0) is 18.8 Å². The minimum atomic E-state index is 0.145. The molecule has 2 heterocycles. The van der Waals surface area contributed by atoms with E-state index in [-0.39, 0.29) is 18.1 Å². The maximum Gasteiger partial charge on any atom is 0.223 e. The van der Waals surface area contributed by atoms with Gasteiger partial charge in [0.15, 0.2) is 0 Å². The summed E-state index contributed by atoms with van der Waals surface area (Å²) >= 11 is 0. The summed E-state index contributed by atoms with van der Waals surface area (Å²) in [5.74, 6) is 0.626. The van der Waals surface area contributed by atoms with E-state index in [0.717, 1.165) is 31.5 Å². The fourth-order valence-electron chi connectivity index (χ4n) is 2.89. The molecular formula is C18H29N3O2. The van der Waals surface area contributed by atoms with Crippen LogP contribution in [0.2, 0.25) is 0 Å². The molecule has 0 aliphatic carbocycles. The fourth-order valence-corrected chi connectivity index (χ4v) is 2.89. The lowest BCUT2D eigenvalue weighted by Crippen LogP contribution is -2.51. The molecule has 1 amide bonds. The maximum absolute atomic E-state index is 12.6. The summed E-state index contributed by atoms with van der Waals surface area (Å²) in [6.07, 6.45) is 9.86. The SMILES string of the molecule is CCCC[C@@H]1CN(C(=O)CCc2cnccn2)C[C@H](C(C)C)O1. The Hall–Kier alpha value is -1.49. The highest BCUT2D eigenvalue weighted by Gasteiger charge is 2.31. The molecule has 0 aromatic carbocycles. The number of carbonyl (C=O) groups is 1. The Morgan fingerprint density at radius 1 is 1.39 bits per heavy atom. The van der Waals surface area contributed by atoms with Crippen LogP contribution < -0.4 is 0 Å². The third-order valence-electron chi connectivity index (χ3n) is 4.38. The lowest BCUT2D eigenvalue weighted by Gasteiger charge is -2.40. The van der Waals surface area contributed by atoms with Crippen LogP contribution in [0.1, 0.15) is 52.1 Å². The Kier molecular flexibility index (Phi) is 6.96. The molecule has 2 atom stereocenters. The lowest BCUT2D eigenvalue weighted by molar-refractivity contribution is -0.150. The van der Waals surface area contributed by atoms with E-state index in [2.05, 4.69) is 30.7 Å². The fraction of sp³-hybridized carbons (Fsp3) is 0.722. The summed E-state index contributed by atoms with van der Waals surface area (Å²) in [6.45, 7) is 7.94. The van der Waals surface area contributed by atoms with Gasteiger partial charge in [-0.1, -0.05) is 33.6 Å². The van der Waals surface area contributed by atoms with Crippen LogP contribution in [0.15, 0.2) is 18.6 Å². The summed E-state index contributed by atoms with van der Waals surface area (Å²) in [5.41, 5.74) is 0.872. The van der Waals surface area contributed by atoms with Crippen LogP contribution in [-0.2, 0) is 16.0 Å². The van der Waals surface area contributed by atoms with Crippen LogP contribution in [-0.4, -0.2) is 46.1 Å². The normalized spacial score (nSPS) is 21.7. The number of carbonyl (C=O) groups excluding carboxylic acids is 1. The van der Waals surface area contributed by atoms with Gasteiger partial charge in [-0.2, -0.15) is 0 Å². The quantitative estimate of drug-likeness (QED) is 0.775. The predicted octanol–water partition coefficient (Wildman–Crippen LogP) is 2.85. The summed E-state index contributed by atoms with van der Waals surface area (Å²) < 4.78 is 6.18. The van der Waals surface area contributed by atoms with Gasteiger partial charge in [0.1, 0.15) is 0 Å². The highest BCUT2D eigenvalue weighted by Crippen LogP contribution is 2.21. The van der Waals surface area contributed by atoms with E-state index in [4.69, 9.17) is 4.74 Å². The van der Waals surface area contributed by atoms with Gasteiger partial charge in [-0.15, -0.1) is 0 Å². The van der Waals surface area contributed by atoms with Gasteiger partial charge >= 0.3 is 0 Å². The van der Waals surface area contributed by atoms with E-state index in [1.807, 2.05) is 4.90 Å². The van der Waals surface area contributed by atoms with Crippen molar-refractivity contribution < 1.29 is 9.53 Å². The monoisotopic (exact) mass is 319 g/mol. The molecule has 1 fully saturated rings. The van der Waals surface area contributed by atoms with Crippen molar-refractivity contribution in [2.24, 2.45) is 5.92 Å². The van der Waals surface area contributed by atoms with Crippen LogP contribution in [0.25, 0.3) is 0 Å². The van der Waals surface area contributed by atoms with Gasteiger partial charge in [0.2, 0.25) is 5.91 Å². The molecule has 1 aromatic heterocycles. The molecule has 1 aromatic rings. The van der Waals surface area contributed by atoms with Crippen molar-refractivity contribution in [2.45, 2.75) is 65.1 Å².